The van der Waals surface area contributed by atoms with Gasteiger partial charge < -0.3 is 4.74 Å². The second-order valence-corrected chi connectivity index (χ2v) is 14.9. The van der Waals surface area contributed by atoms with Crippen LogP contribution in [0.1, 0.15) is 47.2 Å². The Kier molecular flexibility index (Phi) is 6.22. The molecule has 0 saturated carbocycles. The molecule has 3 aliphatic rings. The normalized spacial score (nSPS) is 14.7. The van der Waals surface area contributed by atoms with Crippen molar-refractivity contribution in [3.63, 3.8) is 0 Å². The van der Waals surface area contributed by atoms with Crippen LogP contribution in [0.3, 0.4) is 0 Å². The van der Waals surface area contributed by atoms with Crippen LogP contribution in [-0.4, -0.2) is 9.97 Å². The molecule has 3 nitrogen and oxygen atoms in total. The first-order chi connectivity index (χ1) is 26.0. The number of fused-ring (bicyclic) bond motifs is 12. The highest BCUT2D eigenvalue weighted by molar-refractivity contribution is 5.95. The van der Waals surface area contributed by atoms with Gasteiger partial charge in [0.1, 0.15) is 11.5 Å². The van der Waals surface area contributed by atoms with Crippen molar-refractivity contribution in [1.82, 2.24) is 9.97 Å². The molecular formula is C50H34N2O. The minimum Gasteiger partial charge on any atom is -0.457 e. The van der Waals surface area contributed by atoms with Crippen molar-refractivity contribution in [2.45, 2.75) is 24.7 Å². The fourth-order valence-electron chi connectivity index (χ4n) is 9.41. The molecular weight excluding hydrogens is 645 g/mol. The zero-order valence-electron chi connectivity index (χ0n) is 29.5. The summed E-state index contributed by atoms with van der Waals surface area (Å²) in [6.45, 7) is 4.68. The number of hydrogen-bond acceptors (Lipinski definition) is 3. The molecule has 2 aliphatic carbocycles. The molecule has 8 aromatic rings. The third-order valence-electron chi connectivity index (χ3n) is 11.8. The van der Waals surface area contributed by atoms with Gasteiger partial charge in [0.05, 0.1) is 16.8 Å². The lowest BCUT2D eigenvalue weighted by atomic mass is 9.65. The van der Waals surface area contributed by atoms with Crippen LogP contribution in [0.15, 0.2) is 170 Å². The van der Waals surface area contributed by atoms with E-state index in [2.05, 4.69) is 159 Å². The lowest BCUT2D eigenvalue weighted by Crippen LogP contribution is -2.32. The third kappa shape index (κ3) is 4.11. The lowest BCUT2D eigenvalue weighted by Gasteiger charge is -2.40. The van der Waals surface area contributed by atoms with Crippen molar-refractivity contribution < 1.29 is 4.74 Å². The number of para-hydroxylation sites is 1. The standard InChI is InChI=1S/C50H34N2O/c1-49(2)40-26-15-22-35(44-30-43(31-16-5-3-6-17-31)51-48(52-44)32-18-7-4-8-19-32)47(40)36-28-42-46(29-41(36)49)53-45-27-14-13-25-39(45)50(42)37-23-11-9-20-33(37)34-21-10-12-24-38(34)50/h3-30H,1-2H3. The van der Waals surface area contributed by atoms with Gasteiger partial charge in [-0.25, -0.2) is 9.97 Å². The number of hydrogen-bond donors (Lipinski definition) is 0. The van der Waals surface area contributed by atoms with Crippen LogP contribution in [0.4, 0.5) is 0 Å². The molecule has 0 amide bonds. The van der Waals surface area contributed by atoms with Crippen molar-refractivity contribution in [2.75, 3.05) is 0 Å². The maximum atomic E-state index is 6.94. The molecule has 53 heavy (non-hydrogen) atoms. The average molecular weight is 679 g/mol. The van der Waals surface area contributed by atoms with E-state index in [0.29, 0.717) is 5.82 Å². The Hall–Kier alpha value is -6.58. The molecule has 1 aromatic heterocycles. The smallest absolute Gasteiger partial charge is 0.160 e. The van der Waals surface area contributed by atoms with Crippen molar-refractivity contribution in [2.24, 2.45) is 0 Å². The fourth-order valence-corrected chi connectivity index (χ4v) is 9.41. The van der Waals surface area contributed by atoms with Gasteiger partial charge in [-0.3, -0.25) is 0 Å². The van der Waals surface area contributed by atoms with E-state index < -0.39 is 5.41 Å². The predicted octanol–water partition coefficient (Wildman–Crippen LogP) is 12.3. The van der Waals surface area contributed by atoms with Crippen LogP contribution in [0.2, 0.25) is 0 Å². The summed E-state index contributed by atoms with van der Waals surface area (Å²) >= 11 is 0. The molecule has 7 aromatic carbocycles. The summed E-state index contributed by atoms with van der Waals surface area (Å²) in [6.07, 6.45) is 0. The molecule has 0 radical (unpaired) electrons. The Morgan fingerprint density at radius 3 is 1.68 bits per heavy atom. The zero-order chi connectivity index (χ0) is 35.3. The Morgan fingerprint density at radius 1 is 0.396 bits per heavy atom. The molecule has 0 unspecified atom stereocenters. The van der Waals surface area contributed by atoms with Crippen LogP contribution in [0.25, 0.3) is 56.2 Å². The first-order valence-corrected chi connectivity index (χ1v) is 18.3. The zero-order valence-corrected chi connectivity index (χ0v) is 29.5. The summed E-state index contributed by atoms with van der Waals surface area (Å²) in [7, 11) is 0. The fraction of sp³-hybridized carbons (Fsp3) is 0.0800. The van der Waals surface area contributed by atoms with E-state index in [1.54, 1.807) is 0 Å². The monoisotopic (exact) mass is 678 g/mol. The summed E-state index contributed by atoms with van der Waals surface area (Å²) in [6, 6.07) is 60.8. The summed E-state index contributed by atoms with van der Waals surface area (Å²) in [5.41, 5.74) is 16.6. The average Bonchev–Trinajstić information content (AvgIpc) is 3.63. The van der Waals surface area contributed by atoms with E-state index in [4.69, 9.17) is 14.7 Å². The van der Waals surface area contributed by atoms with E-state index in [-0.39, 0.29) is 5.41 Å². The third-order valence-corrected chi connectivity index (χ3v) is 11.8. The lowest BCUT2D eigenvalue weighted by molar-refractivity contribution is 0.435. The van der Waals surface area contributed by atoms with Crippen LogP contribution >= 0.6 is 0 Å². The highest BCUT2D eigenvalue weighted by atomic mass is 16.5. The van der Waals surface area contributed by atoms with Crippen molar-refractivity contribution >= 4 is 0 Å². The van der Waals surface area contributed by atoms with Crippen molar-refractivity contribution in [1.29, 1.82) is 0 Å². The molecule has 1 spiro atoms. The SMILES string of the molecule is CC1(C)c2cc3c(cc2-c2c(-c4cc(-c5ccccc5)nc(-c5ccccc5)n4)cccc21)C1(c2ccccc2O3)c2ccccc2-c2ccccc21. The molecule has 3 heteroatoms. The Balaban J connectivity index is 1.21. The van der Waals surface area contributed by atoms with Gasteiger partial charge in [0.15, 0.2) is 5.82 Å². The summed E-state index contributed by atoms with van der Waals surface area (Å²) < 4.78 is 6.94. The largest absolute Gasteiger partial charge is 0.457 e. The van der Waals surface area contributed by atoms with Crippen LogP contribution < -0.4 is 4.74 Å². The van der Waals surface area contributed by atoms with Gasteiger partial charge in [-0.15, -0.1) is 0 Å². The molecule has 1 aliphatic heterocycles. The van der Waals surface area contributed by atoms with Crippen LogP contribution in [0, 0.1) is 0 Å². The second-order valence-electron chi connectivity index (χ2n) is 14.9. The number of aromatic nitrogens is 2. The van der Waals surface area contributed by atoms with Crippen LogP contribution in [-0.2, 0) is 10.8 Å². The van der Waals surface area contributed by atoms with E-state index >= 15 is 0 Å². The van der Waals surface area contributed by atoms with Gasteiger partial charge in [-0.1, -0.05) is 159 Å². The van der Waals surface area contributed by atoms with E-state index in [0.717, 1.165) is 39.6 Å². The highest BCUT2D eigenvalue weighted by Gasteiger charge is 2.52. The van der Waals surface area contributed by atoms with Gasteiger partial charge in [0, 0.05) is 33.2 Å². The van der Waals surface area contributed by atoms with Gasteiger partial charge in [-0.05, 0) is 68.8 Å². The maximum Gasteiger partial charge on any atom is 0.160 e. The minimum atomic E-state index is -0.538. The van der Waals surface area contributed by atoms with E-state index in [9.17, 15) is 0 Å². The van der Waals surface area contributed by atoms with Crippen molar-refractivity contribution in [3.8, 4) is 67.7 Å². The van der Waals surface area contributed by atoms with Gasteiger partial charge >= 0.3 is 0 Å². The quantitative estimate of drug-likeness (QED) is 0.187. The summed E-state index contributed by atoms with van der Waals surface area (Å²) in [5.74, 6) is 2.53. The Labute approximate surface area is 309 Å². The molecule has 2 heterocycles. The molecule has 250 valence electrons. The van der Waals surface area contributed by atoms with Gasteiger partial charge in [0.2, 0.25) is 0 Å². The number of ether oxygens (including phenoxy) is 1. The topological polar surface area (TPSA) is 35.0 Å². The van der Waals surface area contributed by atoms with Crippen LogP contribution in [0.5, 0.6) is 11.5 Å². The summed E-state index contributed by atoms with van der Waals surface area (Å²) in [4.78, 5) is 10.4. The highest BCUT2D eigenvalue weighted by Crippen LogP contribution is 2.64. The van der Waals surface area contributed by atoms with Gasteiger partial charge in [-0.2, -0.15) is 0 Å². The Bertz CT molecular complexity index is 2680. The second kappa shape index (κ2) is 11.0. The molecule has 0 saturated heterocycles. The molecule has 0 atom stereocenters. The predicted molar refractivity (Wildman–Crippen MR) is 213 cm³/mol. The number of benzene rings is 7. The molecule has 0 bridgehead atoms. The van der Waals surface area contributed by atoms with Crippen molar-refractivity contribution in [3.05, 3.63) is 203 Å². The minimum absolute atomic E-state index is 0.272. The first kappa shape index (κ1) is 30.1. The first-order valence-electron chi connectivity index (χ1n) is 18.3. The van der Waals surface area contributed by atoms with E-state index in [1.165, 1.54) is 55.6 Å². The number of rotatable bonds is 3. The molecule has 0 N–H and O–H groups in total. The van der Waals surface area contributed by atoms with Gasteiger partial charge in [0.25, 0.3) is 0 Å². The van der Waals surface area contributed by atoms with E-state index in [1.807, 2.05) is 24.3 Å². The Morgan fingerprint density at radius 2 is 0.962 bits per heavy atom. The summed E-state index contributed by atoms with van der Waals surface area (Å²) in [5, 5.41) is 0. The molecule has 11 rings (SSSR count). The maximum absolute atomic E-state index is 6.94. The number of nitrogens with zero attached hydrogens (tertiary/aromatic N) is 2. The molecule has 0 fully saturated rings.